The smallest absolute Gasteiger partial charge is 0.138 e. The van der Waals surface area contributed by atoms with E-state index in [1.54, 1.807) is 0 Å². The van der Waals surface area contributed by atoms with Crippen LogP contribution in [0.25, 0.3) is 88.3 Å². The maximum absolute atomic E-state index is 5.43. The highest BCUT2D eigenvalue weighted by molar-refractivity contribution is 6.23. The van der Waals surface area contributed by atoms with E-state index in [0.29, 0.717) is 0 Å². The molecular formula is C45H29N3. The molecule has 0 fully saturated rings. The van der Waals surface area contributed by atoms with Gasteiger partial charge in [0.05, 0.1) is 27.8 Å². The summed E-state index contributed by atoms with van der Waals surface area (Å²) >= 11 is 0. The number of nitrogens with zero attached hydrogens (tertiary/aromatic N) is 3. The van der Waals surface area contributed by atoms with Gasteiger partial charge in [-0.25, -0.2) is 4.98 Å². The number of pyridine rings is 1. The second kappa shape index (κ2) is 10.5. The summed E-state index contributed by atoms with van der Waals surface area (Å²) in [6.07, 6.45) is 0. The van der Waals surface area contributed by atoms with Crippen LogP contribution in [0, 0.1) is 0 Å². The van der Waals surface area contributed by atoms with Gasteiger partial charge in [-0.15, -0.1) is 0 Å². The molecule has 3 aromatic heterocycles. The Bertz CT molecular complexity index is 2770. The van der Waals surface area contributed by atoms with E-state index in [1.165, 1.54) is 43.4 Å². The number of hydrogen-bond acceptors (Lipinski definition) is 1. The molecule has 0 aliphatic rings. The standard InChI is InChI=1S/C45H29N3/c1-3-13-30(14-4-1)34-28-40(32-16-5-2-6-17-32)46-43(29-34)48-42-22-12-10-20-37(42)39-26-25-38-36-19-9-11-21-41(36)47(44(38)45(39)48)35-24-23-31-15-7-8-18-33(31)27-35/h1-29H. The van der Waals surface area contributed by atoms with Crippen LogP contribution < -0.4 is 0 Å². The van der Waals surface area contributed by atoms with Crippen LogP contribution in [0.5, 0.6) is 0 Å². The summed E-state index contributed by atoms with van der Waals surface area (Å²) < 4.78 is 4.84. The molecule has 10 rings (SSSR count). The molecule has 0 bridgehead atoms. The van der Waals surface area contributed by atoms with E-state index in [2.05, 4.69) is 185 Å². The molecule has 0 saturated carbocycles. The van der Waals surface area contributed by atoms with E-state index in [-0.39, 0.29) is 0 Å². The van der Waals surface area contributed by atoms with Crippen molar-refractivity contribution in [3.05, 3.63) is 176 Å². The van der Waals surface area contributed by atoms with E-state index in [9.17, 15) is 0 Å². The number of hydrogen-bond donors (Lipinski definition) is 0. The van der Waals surface area contributed by atoms with Gasteiger partial charge in [-0.1, -0.05) is 140 Å². The third kappa shape index (κ3) is 4.04. The number of benzene rings is 7. The Balaban J connectivity index is 1.38. The van der Waals surface area contributed by atoms with Crippen molar-refractivity contribution in [3.8, 4) is 33.9 Å². The van der Waals surface area contributed by atoms with Crippen LogP contribution in [-0.4, -0.2) is 14.1 Å². The van der Waals surface area contributed by atoms with Crippen molar-refractivity contribution in [1.82, 2.24) is 14.1 Å². The summed E-state index contributed by atoms with van der Waals surface area (Å²) in [6, 6.07) is 63.1. The van der Waals surface area contributed by atoms with Gasteiger partial charge in [0, 0.05) is 32.8 Å². The third-order valence-electron chi connectivity index (χ3n) is 9.68. The van der Waals surface area contributed by atoms with Gasteiger partial charge in [-0.05, 0) is 58.3 Å². The maximum atomic E-state index is 5.43. The zero-order valence-electron chi connectivity index (χ0n) is 26.1. The van der Waals surface area contributed by atoms with Crippen molar-refractivity contribution < 1.29 is 0 Å². The molecule has 0 amide bonds. The van der Waals surface area contributed by atoms with E-state index in [4.69, 9.17) is 4.98 Å². The fourth-order valence-corrected chi connectivity index (χ4v) is 7.51. The minimum Gasteiger partial charge on any atom is -0.307 e. The van der Waals surface area contributed by atoms with Crippen molar-refractivity contribution in [1.29, 1.82) is 0 Å². The second-order valence-electron chi connectivity index (χ2n) is 12.4. The van der Waals surface area contributed by atoms with Crippen LogP contribution in [0.1, 0.15) is 0 Å². The van der Waals surface area contributed by atoms with Gasteiger partial charge in [0.15, 0.2) is 0 Å². The Hall–Kier alpha value is -6.45. The highest BCUT2D eigenvalue weighted by atomic mass is 15.1. The average molecular weight is 612 g/mol. The van der Waals surface area contributed by atoms with Gasteiger partial charge < -0.3 is 4.57 Å². The van der Waals surface area contributed by atoms with Gasteiger partial charge in [0.2, 0.25) is 0 Å². The quantitative estimate of drug-likeness (QED) is 0.194. The van der Waals surface area contributed by atoms with Crippen molar-refractivity contribution in [2.75, 3.05) is 0 Å². The maximum Gasteiger partial charge on any atom is 0.138 e. The van der Waals surface area contributed by atoms with Crippen LogP contribution in [0.15, 0.2) is 176 Å². The molecule has 48 heavy (non-hydrogen) atoms. The average Bonchev–Trinajstić information content (AvgIpc) is 3.68. The Labute approximate surface area is 277 Å². The first-order valence-electron chi connectivity index (χ1n) is 16.4. The van der Waals surface area contributed by atoms with Gasteiger partial charge >= 0.3 is 0 Å². The molecular weight excluding hydrogens is 583 g/mol. The molecule has 0 N–H and O–H groups in total. The third-order valence-corrected chi connectivity index (χ3v) is 9.68. The highest BCUT2D eigenvalue weighted by Gasteiger charge is 2.22. The van der Waals surface area contributed by atoms with Gasteiger partial charge in [0.25, 0.3) is 0 Å². The Morgan fingerprint density at radius 3 is 1.62 bits per heavy atom. The minimum atomic E-state index is 0.893. The van der Waals surface area contributed by atoms with Crippen molar-refractivity contribution in [3.63, 3.8) is 0 Å². The van der Waals surface area contributed by atoms with Gasteiger partial charge in [0.1, 0.15) is 5.82 Å². The lowest BCUT2D eigenvalue weighted by molar-refractivity contribution is 1.08. The highest BCUT2D eigenvalue weighted by Crippen LogP contribution is 2.42. The Kier molecular flexibility index (Phi) is 5.87. The zero-order valence-corrected chi connectivity index (χ0v) is 26.1. The Morgan fingerprint density at radius 2 is 0.917 bits per heavy atom. The molecule has 0 aliphatic heterocycles. The fourth-order valence-electron chi connectivity index (χ4n) is 7.51. The van der Waals surface area contributed by atoms with Gasteiger partial charge in [-0.3, -0.25) is 4.57 Å². The molecule has 3 heterocycles. The molecule has 7 aromatic carbocycles. The number of para-hydroxylation sites is 2. The first-order valence-corrected chi connectivity index (χ1v) is 16.4. The van der Waals surface area contributed by atoms with Crippen LogP contribution >= 0.6 is 0 Å². The van der Waals surface area contributed by atoms with Crippen molar-refractivity contribution >= 4 is 54.4 Å². The Morgan fingerprint density at radius 1 is 0.354 bits per heavy atom. The summed E-state index contributed by atoms with van der Waals surface area (Å²) in [7, 11) is 0. The second-order valence-corrected chi connectivity index (χ2v) is 12.4. The molecule has 0 aliphatic carbocycles. The predicted molar refractivity (Wildman–Crippen MR) is 201 cm³/mol. The molecule has 3 nitrogen and oxygen atoms in total. The SMILES string of the molecule is c1ccc(-c2cc(-c3ccccc3)nc(-n3c4ccccc4c4ccc5c6ccccc6n(-c6ccc7ccccc7c6)c5c43)c2)cc1. The normalized spacial score (nSPS) is 11.8. The first kappa shape index (κ1) is 26.7. The topological polar surface area (TPSA) is 22.8 Å². The summed E-state index contributed by atoms with van der Waals surface area (Å²) in [5, 5.41) is 7.32. The molecule has 0 atom stereocenters. The molecule has 0 radical (unpaired) electrons. The predicted octanol–water partition coefficient (Wildman–Crippen LogP) is 11.8. The van der Waals surface area contributed by atoms with Gasteiger partial charge in [-0.2, -0.15) is 0 Å². The van der Waals surface area contributed by atoms with Crippen LogP contribution in [0.2, 0.25) is 0 Å². The lowest BCUT2D eigenvalue weighted by Crippen LogP contribution is -2.02. The molecule has 0 unspecified atom stereocenters. The summed E-state index contributed by atoms with van der Waals surface area (Å²) in [5.41, 5.74) is 10.1. The summed E-state index contributed by atoms with van der Waals surface area (Å²) in [6.45, 7) is 0. The van der Waals surface area contributed by atoms with Crippen LogP contribution in [0.3, 0.4) is 0 Å². The molecule has 0 spiro atoms. The van der Waals surface area contributed by atoms with Crippen molar-refractivity contribution in [2.24, 2.45) is 0 Å². The van der Waals surface area contributed by atoms with E-state index < -0.39 is 0 Å². The zero-order chi connectivity index (χ0) is 31.6. The van der Waals surface area contributed by atoms with E-state index in [1.807, 2.05) is 0 Å². The minimum absolute atomic E-state index is 0.893. The number of fused-ring (bicyclic) bond motifs is 8. The van der Waals surface area contributed by atoms with Crippen LogP contribution in [-0.2, 0) is 0 Å². The molecule has 224 valence electrons. The number of rotatable bonds is 4. The first-order chi connectivity index (χ1) is 23.8. The monoisotopic (exact) mass is 611 g/mol. The van der Waals surface area contributed by atoms with Crippen LogP contribution in [0.4, 0.5) is 0 Å². The fraction of sp³-hybridized carbons (Fsp3) is 0. The molecule has 10 aromatic rings. The van der Waals surface area contributed by atoms with Crippen molar-refractivity contribution in [2.45, 2.75) is 0 Å². The molecule has 0 saturated heterocycles. The molecule has 3 heteroatoms. The van der Waals surface area contributed by atoms with E-state index >= 15 is 0 Å². The summed E-state index contributed by atoms with van der Waals surface area (Å²) in [4.78, 5) is 5.43. The lowest BCUT2D eigenvalue weighted by atomic mass is 10.0. The largest absolute Gasteiger partial charge is 0.307 e. The van der Waals surface area contributed by atoms with E-state index in [0.717, 1.165) is 44.9 Å². The lowest BCUT2D eigenvalue weighted by Gasteiger charge is -2.15. The summed E-state index contributed by atoms with van der Waals surface area (Å²) in [5.74, 6) is 0.893. The number of aromatic nitrogens is 3.